The second kappa shape index (κ2) is 6.59. The Bertz CT molecular complexity index is 330. The third-order valence-corrected chi connectivity index (χ3v) is 3.18. The highest BCUT2D eigenvalue weighted by Crippen LogP contribution is 2.12. The molecule has 0 unspecified atom stereocenters. The fourth-order valence-corrected chi connectivity index (χ4v) is 2.13. The normalized spacial score (nSPS) is 10.2. The molecular formula is C13H19NOS. The largest absolute Gasteiger partial charge is 0.339 e. The molecule has 0 spiro atoms. The molecular weight excluding hydrogens is 218 g/mol. The van der Waals surface area contributed by atoms with E-state index in [4.69, 9.17) is 0 Å². The van der Waals surface area contributed by atoms with Gasteiger partial charge in [0.2, 0.25) is 0 Å². The van der Waals surface area contributed by atoms with E-state index in [1.54, 1.807) is 11.8 Å². The average Bonchev–Trinajstić information content (AvgIpc) is 2.32. The van der Waals surface area contributed by atoms with Gasteiger partial charge in [0.05, 0.1) is 0 Å². The maximum Gasteiger partial charge on any atom is 0.253 e. The lowest BCUT2D eigenvalue weighted by molar-refractivity contribution is 0.0773. The maximum absolute atomic E-state index is 12.0. The van der Waals surface area contributed by atoms with Gasteiger partial charge in [-0.3, -0.25) is 4.79 Å². The van der Waals surface area contributed by atoms with E-state index in [9.17, 15) is 4.79 Å². The van der Waals surface area contributed by atoms with Gasteiger partial charge in [-0.15, -0.1) is 0 Å². The van der Waals surface area contributed by atoms with Gasteiger partial charge in [-0.05, 0) is 37.8 Å². The van der Waals surface area contributed by atoms with Crippen LogP contribution in [0.1, 0.15) is 29.8 Å². The van der Waals surface area contributed by atoms with Crippen LogP contribution in [-0.2, 0) is 5.75 Å². The average molecular weight is 237 g/mol. The smallest absolute Gasteiger partial charge is 0.253 e. The number of nitrogens with zero attached hydrogens (tertiary/aromatic N) is 1. The van der Waals surface area contributed by atoms with Crippen molar-refractivity contribution in [1.82, 2.24) is 4.90 Å². The molecule has 0 atom stereocenters. The van der Waals surface area contributed by atoms with Crippen molar-refractivity contribution in [3.05, 3.63) is 35.4 Å². The lowest BCUT2D eigenvalue weighted by Gasteiger charge is -2.18. The molecule has 1 amide bonds. The Hall–Kier alpha value is -0.960. The number of hydrogen-bond donors (Lipinski definition) is 0. The number of carbonyl (C=O) groups excluding carboxylic acids is 1. The highest BCUT2D eigenvalue weighted by atomic mass is 32.2. The second-order valence-electron chi connectivity index (χ2n) is 3.61. The lowest BCUT2D eigenvalue weighted by Crippen LogP contribution is -2.30. The summed E-state index contributed by atoms with van der Waals surface area (Å²) in [4.78, 5) is 13.8. The predicted molar refractivity (Wildman–Crippen MR) is 70.9 cm³/mol. The molecule has 3 heteroatoms. The van der Waals surface area contributed by atoms with Crippen LogP contribution < -0.4 is 0 Å². The monoisotopic (exact) mass is 237 g/mol. The fraction of sp³-hybridized carbons (Fsp3) is 0.462. The Labute approximate surface area is 102 Å². The van der Waals surface area contributed by atoms with Crippen molar-refractivity contribution in [3.8, 4) is 0 Å². The highest BCUT2D eigenvalue weighted by Gasteiger charge is 2.11. The van der Waals surface area contributed by atoms with Gasteiger partial charge >= 0.3 is 0 Å². The van der Waals surface area contributed by atoms with Gasteiger partial charge in [0, 0.05) is 24.4 Å². The first kappa shape index (κ1) is 13.1. The van der Waals surface area contributed by atoms with Gasteiger partial charge in [-0.1, -0.05) is 12.1 Å². The quantitative estimate of drug-likeness (QED) is 0.784. The molecule has 1 rings (SSSR count). The zero-order valence-corrected chi connectivity index (χ0v) is 11.0. The SMILES string of the molecule is CCN(CC)C(=O)c1ccc(CSC)cc1. The molecule has 2 nitrogen and oxygen atoms in total. The van der Waals surface area contributed by atoms with Crippen LogP contribution in [-0.4, -0.2) is 30.2 Å². The molecule has 0 aliphatic heterocycles. The molecule has 1 aromatic rings. The molecule has 0 heterocycles. The van der Waals surface area contributed by atoms with Crippen LogP contribution in [0.15, 0.2) is 24.3 Å². The highest BCUT2D eigenvalue weighted by molar-refractivity contribution is 7.97. The van der Waals surface area contributed by atoms with Gasteiger partial charge in [-0.2, -0.15) is 11.8 Å². The summed E-state index contributed by atoms with van der Waals surface area (Å²) in [5, 5.41) is 0. The lowest BCUT2D eigenvalue weighted by atomic mass is 10.1. The number of benzene rings is 1. The topological polar surface area (TPSA) is 20.3 Å². The third kappa shape index (κ3) is 3.27. The molecule has 0 aliphatic rings. The van der Waals surface area contributed by atoms with Crippen molar-refractivity contribution in [2.24, 2.45) is 0 Å². The van der Waals surface area contributed by atoms with E-state index in [0.29, 0.717) is 0 Å². The number of amides is 1. The van der Waals surface area contributed by atoms with E-state index < -0.39 is 0 Å². The Morgan fingerprint density at radius 2 is 1.75 bits per heavy atom. The van der Waals surface area contributed by atoms with Gasteiger partial charge in [0.1, 0.15) is 0 Å². The molecule has 0 aromatic heterocycles. The van der Waals surface area contributed by atoms with Gasteiger partial charge < -0.3 is 4.90 Å². The van der Waals surface area contributed by atoms with Crippen molar-refractivity contribution in [3.63, 3.8) is 0 Å². The molecule has 0 saturated heterocycles. The summed E-state index contributed by atoms with van der Waals surface area (Å²) in [6.45, 7) is 5.54. The Balaban J connectivity index is 2.76. The van der Waals surface area contributed by atoms with Crippen LogP contribution in [0.2, 0.25) is 0 Å². The summed E-state index contributed by atoms with van der Waals surface area (Å²) in [6.07, 6.45) is 2.08. The minimum atomic E-state index is 0.126. The molecule has 88 valence electrons. The van der Waals surface area contributed by atoms with Crippen molar-refractivity contribution in [1.29, 1.82) is 0 Å². The van der Waals surface area contributed by atoms with Crippen LogP contribution in [0.4, 0.5) is 0 Å². The van der Waals surface area contributed by atoms with Crippen LogP contribution in [0.25, 0.3) is 0 Å². The van der Waals surface area contributed by atoms with Crippen molar-refractivity contribution >= 4 is 17.7 Å². The van der Waals surface area contributed by atoms with E-state index in [2.05, 4.69) is 6.26 Å². The zero-order chi connectivity index (χ0) is 12.0. The summed E-state index contributed by atoms with van der Waals surface area (Å²) >= 11 is 1.79. The summed E-state index contributed by atoms with van der Waals surface area (Å²) in [5.74, 6) is 1.13. The number of carbonyl (C=O) groups is 1. The maximum atomic E-state index is 12.0. The molecule has 16 heavy (non-hydrogen) atoms. The molecule has 0 aliphatic carbocycles. The Morgan fingerprint density at radius 1 is 1.19 bits per heavy atom. The molecule has 0 saturated carbocycles. The van der Waals surface area contributed by atoms with Crippen LogP contribution in [0.3, 0.4) is 0 Å². The predicted octanol–water partition coefficient (Wildman–Crippen LogP) is 3.03. The summed E-state index contributed by atoms with van der Waals surface area (Å²) in [6, 6.07) is 7.92. The van der Waals surface area contributed by atoms with Crippen molar-refractivity contribution in [2.45, 2.75) is 19.6 Å². The van der Waals surface area contributed by atoms with E-state index in [1.165, 1.54) is 5.56 Å². The summed E-state index contributed by atoms with van der Waals surface area (Å²) in [5.41, 5.74) is 2.05. The standard InChI is InChI=1S/C13H19NOS/c1-4-14(5-2)13(15)12-8-6-11(7-9-12)10-16-3/h6-9H,4-5,10H2,1-3H3. The van der Waals surface area contributed by atoms with Gasteiger partial charge in [0.15, 0.2) is 0 Å². The van der Waals surface area contributed by atoms with Crippen LogP contribution >= 0.6 is 11.8 Å². The first-order valence-electron chi connectivity index (χ1n) is 5.60. The molecule has 0 radical (unpaired) electrons. The molecule has 0 fully saturated rings. The fourth-order valence-electron chi connectivity index (χ4n) is 1.60. The van der Waals surface area contributed by atoms with E-state index in [1.807, 2.05) is 43.0 Å². The van der Waals surface area contributed by atoms with Gasteiger partial charge in [-0.25, -0.2) is 0 Å². The first-order chi connectivity index (χ1) is 7.72. The van der Waals surface area contributed by atoms with Gasteiger partial charge in [0.25, 0.3) is 5.91 Å². The van der Waals surface area contributed by atoms with Crippen LogP contribution in [0, 0.1) is 0 Å². The number of rotatable bonds is 5. The number of thioether (sulfide) groups is 1. The third-order valence-electron chi connectivity index (χ3n) is 2.56. The minimum absolute atomic E-state index is 0.126. The molecule has 1 aromatic carbocycles. The Morgan fingerprint density at radius 3 is 2.19 bits per heavy atom. The second-order valence-corrected chi connectivity index (χ2v) is 4.47. The van der Waals surface area contributed by atoms with E-state index in [-0.39, 0.29) is 5.91 Å². The first-order valence-corrected chi connectivity index (χ1v) is 6.99. The van der Waals surface area contributed by atoms with Crippen LogP contribution in [0.5, 0.6) is 0 Å². The Kier molecular flexibility index (Phi) is 5.39. The summed E-state index contributed by atoms with van der Waals surface area (Å²) < 4.78 is 0. The minimum Gasteiger partial charge on any atom is -0.339 e. The van der Waals surface area contributed by atoms with E-state index >= 15 is 0 Å². The number of hydrogen-bond acceptors (Lipinski definition) is 2. The molecule has 0 bridgehead atoms. The van der Waals surface area contributed by atoms with E-state index in [0.717, 1.165) is 24.4 Å². The molecule has 0 N–H and O–H groups in total. The van der Waals surface area contributed by atoms with Crippen molar-refractivity contribution < 1.29 is 4.79 Å². The summed E-state index contributed by atoms with van der Waals surface area (Å²) in [7, 11) is 0. The van der Waals surface area contributed by atoms with Crippen molar-refractivity contribution in [2.75, 3.05) is 19.3 Å². The zero-order valence-electron chi connectivity index (χ0n) is 10.2.